The average molecular weight is 370 g/mol. The third kappa shape index (κ3) is 2.70. The number of aliphatic hydroxyl groups excluding tert-OH is 1. The molecule has 0 aromatic heterocycles. The molecular weight excluding hydrogens is 352 g/mol. The van der Waals surface area contributed by atoms with E-state index >= 15 is 0 Å². The number of benzene rings is 2. The van der Waals surface area contributed by atoms with Gasteiger partial charge in [0.1, 0.15) is 0 Å². The average Bonchev–Trinajstić information content (AvgIpc) is 3.44. The summed E-state index contributed by atoms with van der Waals surface area (Å²) in [5.41, 5.74) is 1.39. The van der Waals surface area contributed by atoms with E-state index in [0.717, 1.165) is 5.56 Å². The Morgan fingerprint density at radius 3 is 2.33 bits per heavy atom. The van der Waals surface area contributed by atoms with Gasteiger partial charge < -0.3 is 28.8 Å². The highest BCUT2D eigenvalue weighted by atomic mass is 16.7. The van der Waals surface area contributed by atoms with E-state index in [2.05, 4.69) is 0 Å². The first-order valence-corrected chi connectivity index (χ1v) is 8.80. The maximum absolute atomic E-state index is 13.0. The minimum Gasteiger partial charge on any atom is -0.454 e. The smallest absolute Gasteiger partial charge is 0.231 e. The lowest BCUT2D eigenvalue weighted by atomic mass is 9.83. The Hall–Kier alpha value is -2.77. The van der Waals surface area contributed by atoms with E-state index in [1.807, 2.05) is 18.2 Å². The molecule has 27 heavy (non-hydrogen) atoms. The molecule has 0 amide bonds. The fourth-order valence-electron chi connectivity index (χ4n) is 3.86. The van der Waals surface area contributed by atoms with E-state index in [1.54, 1.807) is 18.2 Å². The summed E-state index contributed by atoms with van der Waals surface area (Å²) in [5, 5.41) is 9.98. The van der Waals surface area contributed by atoms with Crippen molar-refractivity contribution in [3.05, 3.63) is 47.5 Å². The largest absolute Gasteiger partial charge is 0.454 e. The molecule has 3 aliphatic rings. The van der Waals surface area contributed by atoms with E-state index in [-0.39, 0.29) is 44.6 Å². The van der Waals surface area contributed by atoms with Gasteiger partial charge in [-0.05, 0) is 35.9 Å². The fourth-order valence-corrected chi connectivity index (χ4v) is 3.86. The van der Waals surface area contributed by atoms with Crippen LogP contribution in [0, 0.1) is 11.8 Å². The molecule has 2 aromatic carbocycles. The maximum Gasteiger partial charge on any atom is 0.231 e. The van der Waals surface area contributed by atoms with Crippen LogP contribution in [0.25, 0.3) is 0 Å². The third-order valence-corrected chi connectivity index (χ3v) is 5.29. The molecular formula is C20H18O7. The molecule has 0 radical (unpaired) electrons. The molecule has 1 saturated heterocycles. The molecule has 0 bridgehead atoms. The van der Waals surface area contributed by atoms with Crippen LogP contribution in [-0.2, 0) is 4.74 Å². The Balaban J connectivity index is 1.40. The van der Waals surface area contributed by atoms with Gasteiger partial charge in [0.2, 0.25) is 13.6 Å². The molecule has 0 aliphatic carbocycles. The summed E-state index contributed by atoms with van der Waals surface area (Å²) in [6, 6.07) is 10.7. The topological polar surface area (TPSA) is 83.5 Å². The van der Waals surface area contributed by atoms with Gasteiger partial charge in [0.05, 0.1) is 18.6 Å². The molecule has 3 aliphatic heterocycles. The molecule has 140 valence electrons. The lowest BCUT2D eigenvalue weighted by Gasteiger charge is -2.20. The summed E-state index contributed by atoms with van der Waals surface area (Å²) in [4.78, 5) is 13.0. The van der Waals surface area contributed by atoms with Crippen LogP contribution in [0.5, 0.6) is 23.0 Å². The lowest BCUT2D eigenvalue weighted by molar-refractivity contribution is 0.0713. The third-order valence-electron chi connectivity index (χ3n) is 5.29. The van der Waals surface area contributed by atoms with Crippen molar-refractivity contribution in [1.82, 2.24) is 0 Å². The van der Waals surface area contributed by atoms with E-state index in [9.17, 15) is 9.90 Å². The van der Waals surface area contributed by atoms with Crippen molar-refractivity contribution in [1.29, 1.82) is 0 Å². The van der Waals surface area contributed by atoms with Crippen LogP contribution in [0.1, 0.15) is 22.0 Å². The number of Topliss-reactive ketones (excluding diaryl/α,β-unsaturated/α-hetero) is 1. The Bertz CT molecular complexity index is 894. The van der Waals surface area contributed by atoms with Crippen molar-refractivity contribution in [2.75, 3.05) is 26.8 Å². The first kappa shape index (κ1) is 16.4. The number of carbonyl (C=O) groups is 1. The monoisotopic (exact) mass is 370 g/mol. The second-order valence-electron chi connectivity index (χ2n) is 6.75. The molecule has 7 nitrogen and oxygen atoms in total. The van der Waals surface area contributed by atoms with Crippen molar-refractivity contribution in [3.63, 3.8) is 0 Å². The molecule has 1 fully saturated rings. The summed E-state index contributed by atoms with van der Waals surface area (Å²) in [7, 11) is 0. The zero-order valence-corrected chi connectivity index (χ0v) is 14.4. The Labute approximate surface area is 155 Å². The van der Waals surface area contributed by atoms with Gasteiger partial charge in [-0.15, -0.1) is 0 Å². The van der Waals surface area contributed by atoms with Crippen LogP contribution in [-0.4, -0.2) is 37.7 Å². The summed E-state index contributed by atoms with van der Waals surface area (Å²) in [6.45, 7) is 0.446. The van der Waals surface area contributed by atoms with E-state index in [0.29, 0.717) is 28.6 Å². The zero-order chi connectivity index (χ0) is 18.4. The van der Waals surface area contributed by atoms with Gasteiger partial charge in [-0.2, -0.15) is 0 Å². The number of fused-ring (bicyclic) bond motifs is 2. The molecule has 3 atom stereocenters. The molecule has 7 heteroatoms. The van der Waals surface area contributed by atoms with Crippen LogP contribution < -0.4 is 18.9 Å². The van der Waals surface area contributed by atoms with E-state index in [4.69, 9.17) is 23.7 Å². The Morgan fingerprint density at radius 1 is 0.926 bits per heavy atom. The van der Waals surface area contributed by atoms with Crippen molar-refractivity contribution in [2.45, 2.75) is 6.10 Å². The first-order valence-electron chi connectivity index (χ1n) is 8.80. The van der Waals surface area contributed by atoms with Gasteiger partial charge in [0.15, 0.2) is 28.8 Å². The van der Waals surface area contributed by atoms with E-state index < -0.39 is 5.92 Å². The number of hydrogen-bond acceptors (Lipinski definition) is 7. The van der Waals surface area contributed by atoms with Crippen molar-refractivity contribution in [2.24, 2.45) is 11.8 Å². The number of ketones is 1. The highest BCUT2D eigenvalue weighted by Crippen LogP contribution is 2.43. The Morgan fingerprint density at radius 2 is 1.59 bits per heavy atom. The van der Waals surface area contributed by atoms with Crippen LogP contribution >= 0.6 is 0 Å². The minimum absolute atomic E-state index is 0.0735. The fraction of sp³-hybridized carbons (Fsp3) is 0.350. The van der Waals surface area contributed by atoms with E-state index in [1.165, 1.54) is 0 Å². The highest BCUT2D eigenvalue weighted by Gasteiger charge is 2.42. The van der Waals surface area contributed by atoms with Crippen LogP contribution in [0.2, 0.25) is 0 Å². The molecule has 3 heterocycles. The number of ether oxygens (including phenoxy) is 5. The highest BCUT2D eigenvalue weighted by molar-refractivity contribution is 5.99. The van der Waals surface area contributed by atoms with Gasteiger partial charge in [-0.1, -0.05) is 6.07 Å². The SMILES string of the molecule is O=C(c1ccc2c(c1)OCO2)[C@H]1CO[C@H](c2ccc3c(c2)OCO3)[C@H]1CO. The number of aliphatic hydroxyl groups is 1. The van der Waals surface area contributed by atoms with Crippen molar-refractivity contribution < 1.29 is 33.6 Å². The van der Waals surface area contributed by atoms with Crippen LogP contribution in [0.15, 0.2) is 36.4 Å². The number of carbonyl (C=O) groups excluding carboxylic acids is 1. The van der Waals surface area contributed by atoms with Gasteiger partial charge in [-0.25, -0.2) is 0 Å². The lowest BCUT2D eigenvalue weighted by Crippen LogP contribution is -2.26. The predicted molar refractivity (Wildman–Crippen MR) is 92.2 cm³/mol. The summed E-state index contributed by atoms with van der Waals surface area (Å²) < 4.78 is 27.3. The second kappa shape index (κ2) is 6.44. The molecule has 0 saturated carbocycles. The maximum atomic E-state index is 13.0. The minimum atomic E-state index is -0.439. The standard InChI is InChI=1S/C20H18O7/c21-7-13-14(19(22)11-1-3-15-17(5-11)26-9-24-15)8-23-20(13)12-2-4-16-18(6-12)27-10-25-16/h1-6,13-14,20-21H,7-10H2/t13-,14-,20+/m0/s1. The van der Waals surface area contributed by atoms with Gasteiger partial charge in [0.25, 0.3) is 0 Å². The van der Waals surface area contributed by atoms with Crippen molar-refractivity contribution >= 4 is 5.78 Å². The molecule has 0 spiro atoms. The summed E-state index contributed by atoms with van der Waals surface area (Å²) in [5.74, 6) is 1.67. The van der Waals surface area contributed by atoms with Gasteiger partial charge in [0, 0.05) is 18.1 Å². The summed E-state index contributed by atoms with van der Waals surface area (Å²) >= 11 is 0. The van der Waals surface area contributed by atoms with Gasteiger partial charge >= 0.3 is 0 Å². The molecule has 0 unspecified atom stereocenters. The molecule has 2 aromatic rings. The van der Waals surface area contributed by atoms with Crippen LogP contribution in [0.3, 0.4) is 0 Å². The second-order valence-corrected chi connectivity index (χ2v) is 6.75. The predicted octanol–water partition coefficient (Wildman–Crippen LogP) is 2.32. The number of rotatable bonds is 4. The molecule has 1 N–H and O–H groups in total. The quantitative estimate of drug-likeness (QED) is 0.827. The van der Waals surface area contributed by atoms with Crippen molar-refractivity contribution in [3.8, 4) is 23.0 Å². The first-order chi connectivity index (χ1) is 13.2. The van der Waals surface area contributed by atoms with Gasteiger partial charge in [-0.3, -0.25) is 4.79 Å². The zero-order valence-electron chi connectivity index (χ0n) is 14.4. The van der Waals surface area contributed by atoms with Crippen LogP contribution in [0.4, 0.5) is 0 Å². The number of hydrogen-bond donors (Lipinski definition) is 1. The molecule has 5 rings (SSSR count). The normalized spacial score (nSPS) is 25.0. The Kier molecular flexibility index (Phi) is 3.91. The summed E-state index contributed by atoms with van der Waals surface area (Å²) in [6.07, 6.45) is -0.382.